The Morgan fingerprint density at radius 2 is 1.68 bits per heavy atom. The number of pyridine rings is 1. The molecule has 0 radical (unpaired) electrons. The summed E-state index contributed by atoms with van der Waals surface area (Å²) in [5.74, 6) is -1.81. The van der Waals surface area contributed by atoms with Crippen LogP contribution in [0.1, 0.15) is 5.56 Å². The number of halogens is 5. The molecule has 2 aromatic carbocycles. The summed E-state index contributed by atoms with van der Waals surface area (Å²) in [5.41, 5.74) is -2.47. The molecule has 14 heteroatoms. The van der Waals surface area contributed by atoms with E-state index in [2.05, 4.69) is 20.6 Å². The molecule has 0 atom stereocenters. The van der Waals surface area contributed by atoms with Crippen LogP contribution in [0, 0.1) is 11.6 Å². The summed E-state index contributed by atoms with van der Waals surface area (Å²) < 4.78 is 68.5. The van der Waals surface area contributed by atoms with Crippen LogP contribution in [-0.2, 0) is 12.7 Å². The number of alkyl halides is 3. The van der Waals surface area contributed by atoms with Crippen molar-refractivity contribution in [2.75, 3.05) is 29.6 Å². The second-order valence-electron chi connectivity index (χ2n) is 7.93. The molecule has 198 valence electrons. The van der Waals surface area contributed by atoms with Gasteiger partial charge in [-0.15, -0.1) is 0 Å². The van der Waals surface area contributed by atoms with Crippen LogP contribution in [0.4, 0.5) is 44.1 Å². The summed E-state index contributed by atoms with van der Waals surface area (Å²) in [6.45, 7) is -0.472. The van der Waals surface area contributed by atoms with Crippen LogP contribution in [0.15, 0.2) is 53.5 Å². The van der Waals surface area contributed by atoms with Crippen molar-refractivity contribution in [3.05, 3.63) is 76.2 Å². The van der Waals surface area contributed by atoms with Gasteiger partial charge in [-0.2, -0.15) is 18.2 Å². The van der Waals surface area contributed by atoms with Crippen molar-refractivity contribution >= 4 is 34.4 Å². The van der Waals surface area contributed by atoms with E-state index in [0.29, 0.717) is 23.6 Å². The first-order valence-electron chi connectivity index (χ1n) is 11.0. The van der Waals surface area contributed by atoms with Crippen LogP contribution in [0.5, 0.6) is 0 Å². The van der Waals surface area contributed by atoms with E-state index in [1.807, 2.05) is 5.32 Å². The molecule has 0 aliphatic rings. The standard InChI is InChI=1S/C24H19F5N6O3/c1-30-22-31-11-13-8-15(21(37)35(6-7-36)20(13)34-22)12-2-4-16(25)18(9-12)32-23(38)33-19-10-14(24(27,28)29)3-5-17(19)26/h2-5,8-11,36H,6-7H2,1H3,(H,30,31,34)(H2,32,33,38). The molecule has 0 aliphatic heterocycles. The summed E-state index contributed by atoms with van der Waals surface area (Å²) in [7, 11) is 1.59. The third-order valence-corrected chi connectivity index (χ3v) is 5.44. The lowest BCUT2D eigenvalue weighted by Gasteiger charge is -2.14. The second-order valence-corrected chi connectivity index (χ2v) is 7.93. The van der Waals surface area contributed by atoms with Crippen molar-refractivity contribution in [3.8, 4) is 11.1 Å². The lowest BCUT2D eigenvalue weighted by Crippen LogP contribution is -2.25. The number of nitrogens with zero attached hydrogens (tertiary/aromatic N) is 3. The fraction of sp³-hybridized carbons (Fsp3) is 0.167. The molecule has 0 fully saturated rings. The van der Waals surface area contributed by atoms with Crippen molar-refractivity contribution in [2.45, 2.75) is 12.7 Å². The number of urea groups is 1. The van der Waals surface area contributed by atoms with Gasteiger partial charge in [0.15, 0.2) is 0 Å². The summed E-state index contributed by atoms with van der Waals surface area (Å²) >= 11 is 0. The van der Waals surface area contributed by atoms with E-state index < -0.39 is 46.3 Å². The Hall–Kier alpha value is -4.59. The maximum Gasteiger partial charge on any atom is 0.416 e. The Bertz CT molecular complexity index is 1590. The normalized spacial score (nSPS) is 11.4. The van der Waals surface area contributed by atoms with E-state index in [1.54, 1.807) is 7.05 Å². The molecule has 0 saturated heterocycles. The van der Waals surface area contributed by atoms with E-state index >= 15 is 0 Å². The van der Waals surface area contributed by atoms with Crippen LogP contribution in [0.2, 0.25) is 0 Å². The van der Waals surface area contributed by atoms with Crippen molar-refractivity contribution in [1.82, 2.24) is 14.5 Å². The van der Waals surface area contributed by atoms with Gasteiger partial charge in [0.05, 0.1) is 30.1 Å². The number of carbonyl (C=O) groups excluding carboxylic acids is 1. The van der Waals surface area contributed by atoms with Gasteiger partial charge in [-0.1, -0.05) is 6.07 Å². The number of rotatable bonds is 6. The molecular formula is C24H19F5N6O3. The first kappa shape index (κ1) is 26.5. The van der Waals surface area contributed by atoms with E-state index in [-0.39, 0.29) is 35.9 Å². The van der Waals surface area contributed by atoms with Gasteiger partial charge in [-0.25, -0.2) is 18.6 Å². The van der Waals surface area contributed by atoms with Gasteiger partial charge in [-0.3, -0.25) is 9.36 Å². The predicted molar refractivity (Wildman–Crippen MR) is 130 cm³/mol. The fourth-order valence-corrected chi connectivity index (χ4v) is 3.66. The van der Waals surface area contributed by atoms with Gasteiger partial charge in [0, 0.05) is 24.2 Å². The highest BCUT2D eigenvalue weighted by atomic mass is 19.4. The number of nitrogens with one attached hydrogen (secondary N) is 3. The summed E-state index contributed by atoms with van der Waals surface area (Å²) in [5, 5.41) is 16.7. The summed E-state index contributed by atoms with van der Waals surface area (Å²) in [6.07, 6.45) is -3.33. The molecular weight excluding hydrogens is 515 g/mol. The molecule has 4 rings (SSSR count). The quantitative estimate of drug-likeness (QED) is 0.272. The molecule has 0 unspecified atom stereocenters. The third kappa shape index (κ3) is 5.39. The average molecular weight is 534 g/mol. The van der Waals surface area contributed by atoms with Crippen LogP contribution in [0.25, 0.3) is 22.2 Å². The van der Waals surface area contributed by atoms with E-state index in [4.69, 9.17) is 0 Å². The molecule has 9 nitrogen and oxygen atoms in total. The highest BCUT2D eigenvalue weighted by Crippen LogP contribution is 2.32. The topological polar surface area (TPSA) is 121 Å². The number of aliphatic hydroxyl groups excluding tert-OH is 1. The molecule has 4 N–H and O–H groups in total. The number of benzene rings is 2. The van der Waals surface area contributed by atoms with Gasteiger partial charge in [-0.05, 0) is 42.0 Å². The SMILES string of the molecule is CNc1ncc2cc(-c3ccc(F)c(NC(=O)Nc4cc(C(F)(F)F)ccc4F)c3)c(=O)n(CCO)c2n1. The lowest BCUT2D eigenvalue weighted by atomic mass is 10.0. The zero-order chi connectivity index (χ0) is 27.6. The molecule has 0 aliphatic carbocycles. The predicted octanol–water partition coefficient (Wildman–Crippen LogP) is 4.43. The molecule has 2 aromatic heterocycles. The van der Waals surface area contributed by atoms with E-state index in [9.17, 15) is 36.6 Å². The zero-order valence-corrected chi connectivity index (χ0v) is 19.5. The summed E-state index contributed by atoms with van der Waals surface area (Å²) in [4.78, 5) is 34.0. The van der Waals surface area contributed by atoms with Gasteiger partial charge >= 0.3 is 12.2 Å². The van der Waals surface area contributed by atoms with Crippen LogP contribution in [0.3, 0.4) is 0 Å². The largest absolute Gasteiger partial charge is 0.416 e. The first-order chi connectivity index (χ1) is 18.0. The molecule has 2 heterocycles. The smallest absolute Gasteiger partial charge is 0.395 e. The number of fused-ring (bicyclic) bond motifs is 1. The van der Waals surface area contributed by atoms with E-state index in [1.165, 1.54) is 22.9 Å². The maximum atomic E-state index is 14.5. The minimum absolute atomic E-state index is 0.0686. The lowest BCUT2D eigenvalue weighted by molar-refractivity contribution is -0.137. The molecule has 0 spiro atoms. The second kappa shape index (κ2) is 10.4. The fourth-order valence-electron chi connectivity index (χ4n) is 3.66. The highest BCUT2D eigenvalue weighted by Gasteiger charge is 2.31. The number of carbonyl (C=O) groups is 1. The zero-order valence-electron chi connectivity index (χ0n) is 19.5. The van der Waals surface area contributed by atoms with Crippen LogP contribution < -0.4 is 21.5 Å². The number of amides is 2. The van der Waals surface area contributed by atoms with Gasteiger partial charge < -0.3 is 21.1 Å². The molecule has 4 aromatic rings. The summed E-state index contributed by atoms with van der Waals surface area (Å²) in [6, 6.07) is 5.08. The molecule has 0 saturated carbocycles. The number of hydrogen-bond acceptors (Lipinski definition) is 6. The van der Waals surface area contributed by atoms with Crippen molar-refractivity contribution in [2.24, 2.45) is 0 Å². The Kier molecular flexibility index (Phi) is 7.26. The van der Waals surface area contributed by atoms with Crippen LogP contribution >= 0.6 is 0 Å². The van der Waals surface area contributed by atoms with Crippen LogP contribution in [-0.4, -0.2) is 39.3 Å². The Labute approximate surface area is 211 Å². The minimum atomic E-state index is -4.77. The molecule has 38 heavy (non-hydrogen) atoms. The third-order valence-electron chi connectivity index (χ3n) is 5.44. The van der Waals surface area contributed by atoms with E-state index in [0.717, 1.165) is 12.1 Å². The monoisotopic (exact) mass is 534 g/mol. The maximum absolute atomic E-state index is 14.5. The van der Waals surface area contributed by atoms with Gasteiger partial charge in [0.1, 0.15) is 17.3 Å². The molecule has 2 amide bonds. The van der Waals surface area contributed by atoms with Gasteiger partial charge in [0.25, 0.3) is 5.56 Å². The Balaban J connectivity index is 1.69. The minimum Gasteiger partial charge on any atom is -0.395 e. The number of anilines is 3. The van der Waals surface area contributed by atoms with Crippen molar-refractivity contribution in [1.29, 1.82) is 0 Å². The molecule has 0 bridgehead atoms. The van der Waals surface area contributed by atoms with Crippen molar-refractivity contribution < 1.29 is 31.9 Å². The number of aliphatic hydroxyl groups is 1. The number of hydrogen-bond donors (Lipinski definition) is 4. The van der Waals surface area contributed by atoms with Crippen molar-refractivity contribution in [3.63, 3.8) is 0 Å². The Morgan fingerprint density at radius 1 is 1.03 bits per heavy atom. The number of aromatic nitrogens is 3. The highest BCUT2D eigenvalue weighted by molar-refractivity contribution is 6.00. The van der Waals surface area contributed by atoms with Gasteiger partial charge in [0.2, 0.25) is 5.95 Å². The average Bonchev–Trinajstić information content (AvgIpc) is 2.87. The first-order valence-corrected chi connectivity index (χ1v) is 11.0. The Morgan fingerprint density at radius 3 is 2.32 bits per heavy atom.